The quantitative estimate of drug-likeness (QED) is 0.452. The summed E-state index contributed by atoms with van der Waals surface area (Å²) in [5.41, 5.74) is 0.415. The number of nitrogens with zero attached hydrogens (tertiary/aromatic N) is 2. The van der Waals surface area contributed by atoms with Gasteiger partial charge in [-0.3, -0.25) is 19.2 Å². The van der Waals surface area contributed by atoms with Crippen molar-refractivity contribution in [1.82, 2.24) is 0 Å². The fraction of sp³-hybridized carbons (Fsp3) is 0.364. The third kappa shape index (κ3) is 3.67. The largest absolute Gasteiger partial charge is 0.279 e. The summed E-state index contributed by atoms with van der Waals surface area (Å²) in [5, 5.41) is 9.83. The summed E-state index contributed by atoms with van der Waals surface area (Å²) < 4.78 is 24.8. The molecule has 0 unspecified atom stereocenters. The van der Waals surface area contributed by atoms with Gasteiger partial charge in [0.1, 0.15) is 6.54 Å². The predicted molar refractivity (Wildman–Crippen MR) is 75.5 cm³/mol. The molecule has 0 atom stereocenters. The number of anilines is 1. The van der Waals surface area contributed by atoms with Crippen molar-refractivity contribution in [3.8, 4) is 0 Å². The summed E-state index contributed by atoms with van der Waals surface area (Å²) in [5.74, 6) is -0.215. The molecule has 0 spiro atoms. The van der Waals surface area contributed by atoms with Gasteiger partial charge in [-0.1, -0.05) is 0 Å². The molecule has 9 heteroatoms. The third-order valence-corrected chi connectivity index (χ3v) is 4.47. The average Bonchev–Trinajstić information content (AvgIpc) is 2.35. The topological polar surface area (TPSA) is 97.6 Å². The van der Waals surface area contributed by atoms with Crippen molar-refractivity contribution < 1.29 is 18.1 Å². The molecule has 0 saturated carbocycles. The van der Waals surface area contributed by atoms with E-state index in [-0.39, 0.29) is 17.1 Å². The van der Waals surface area contributed by atoms with E-state index in [0.29, 0.717) is 5.56 Å². The molecule has 1 aromatic carbocycles. The standard InChI is InChI=1S/C11H13ClN2O5S/c1-3-20(18,19)13(7-11(12)15)10-5-4-9(14(16)17)6-8(10)2/h4-6H,3,7H2,1-2H3. The number of aryl methyl sites for hydroxylation is 1. The number of carbonyl (C=O) groups is 1. The van der Waals surface area contributed by atoms with Crippen molar-refractivity contribution in [3.05, 3.63) is 33.9 Å². The summed E-state index contributed by atoms with van der Waals surface area (Å²) in [6.07, 6.45) is 0. The lowest BCUT2D eigenvalue weighted by Crippen LogP contribution is -2.36. The number of halogens is 1. The Morgan fingerprint density at radius 1 is 1.45 bits per heavy atom. The van der Waals surface area contributed by atoms with Gasteiger partial charge >= 0.3 is 0 Å². The molecule has 0 bridgehead atoms. The van der Waals surface area contributed by atoms with E-state index in [1.54, 1.807) is 0 Å². The second-order valence-electron chi connectivity index (χ2n) is 3.99. The zero-order valence-electron chi connectivity index (χ0n) is 10.9. The van der Waals surface area contributed by atoms with E-state index in [1.165, 1.54) is 32.0 Å². The van der Waals surface area contributed by atoms with E-state index in [2.05, 4.69) is 0 Å². The van der Waals surface area contributed by atoms with Crippen molar-refractivity contribution in [2.45, 2.75) is 13.8 Å². The molecule has 0 aliphatic heterocycles. The Morgan fingerprint density at radius 2 is 2.05 bits per heavy atom. The first-order valence-corrected chi connectivity index (χ1v) is 7.61. The molecule has 0 aliphatic rings. The molecule has 0 heterocycles. The second kappa shape index (κ2) is 6.19. The fourth-order valence-corrected chi connectivity index (χ4v) is 2.96. The summed E-state index contributed by atoms with van der Waals surface area (Å²) in [6, 6.07) is 3.71. The van der Waals surface area contributed by atoms with E-state index in [1.807, 2.05) is 0 Å². The molecular formula is C11H13ClN2O5S. The number of rotatable bonds is 6. The van der Waals surface area contributed by atoms with Crippen LogP contribution in [0.25, 0.3) is 0 Å². The highest BCUT2D eigenvalue weighted by Crippen LogP contribution is 2.27. The van der Waals surface area contributed by atoms with Crippen molar-refractivity contribution in [1.29, 1.82) is 0 Å². The monoisotopic (exact) mass is 320 g/mol. The average molecular weight is 321 g/mol. The predicted octanol–water partition coefficient (Wildman–Crippen LogP) is 1.82. The highest BCUT2D eigenvalue weighted by atomic mass is 35.5. The summed E-state index contributed by atoms with van der Waals surface area (Å²) in [6.45, 7) is 2.44. The molecule has 0 radical (unpaired) electrons. The van der Waals surface area contributed by atoms with Crippen LogP contribution in [0.5, 0.6) is 0 Å². The maximum atomic E-state index is 12.0. The van der Waals surface area contributed by atoms with Crippen LogP contribution in [0.3, 0.4) is 0 Å². The second-order valence-corrected chi connectivity index (χ2v) is 6.59. The minimum atomic E-state index is -3.71. The van der Waals surface area contributed by atoms with Gasteiger partial charge in [0.15, 0.2) is 0 Å². The highest BCUT2D eigenvalue weighted by molar-refractivity contribution is 7.92. The van der Waals surface area contributed by atoms with E-state index in [9.17, 15) is 23.3 Å². The summed E-state index contributed by atoms with van der Waals surface area (Å²) in [7, 11) is -3.71. The molecule has 20 heavy (non-hydrogen) atoms. The van der Waals surface area contributed by atoms with Crippen molar-refractivity contribution in [3.63, 3.8) is 0 Å². The van der Waals surface area contributed by atoms with Crippen molar-refractivity contribution >= 4 is 38.2 Å². The Morgan fingerprint density at radius 3 is 2.45 bits per heavy atom. The number of sulfonamides is 1. The van der Waals surface area contributed by atoms with Gasteiger partial charge in [-0.25, -0.2) is 8.42 Å². The first-order valence-electron chi connectivity index (χ1n) is 5.62. The van der Waals surface area contributed by atoms with Crippen LogP contribution in [0.4, 0.5) is 11.4 Å². The highest BCUT2D eigenvalue weighted by Gasteiger charge is 2.25. The van der Waals surface area contributed by atoms with Crippen LogP contribution in [-0.4, -0.2) is 30.9 Å². The molecule has 0 aliphatic carbocycles. The lowest BCUT2D eigenvalue weighted by atomic mass is 10.2. The molecule has 0 N–H and O–H groups in total. The number of non-ortho nitro benzene ring substituents is 1. The Bertz CT molecular complexity index is 644. The van der Waals surface area contributed by atoms with Crippen LogP contribution in [0.15, 0.2) is 18.2 Å². The molecule has 1 aromatic rings. The lowest BCUT2D eigenvalue weighted by molar-refractivity contribution is -0.384. The summed E-state index contributed by atoms with van der Waals surface area (Å²) in [4.78, 5) is 21.1. The first-order chi connectivity index (χ1) is 9.19. The maximum absolute atomic E-state index is 12.0. The molecule has 0 saturated heterocycles. The molecule has 7 nitrogen and oxygen atoms in total. The van der Waals surface area contributed by atoms with Crippen LogP contribution in [0.2, 0.25) is 0 Å². The van der Waals surface area contributed by atoms with Gasteiger partial charge in [0.25, 0.3) is 5.69 Å². The minimum absolute atomic E-state index is 0.155. The van der Waals surface area contributed by atoms with E-state index in [0.717, 1.165) is 4.31 Å². The van der Waals surface area contributed by atoms with Gasteiger partial charge in [-0.2, -0.15) is 0 Å². The molecule has 0 aromatic heterocycles. The normalized spacial score (nSPS) is 11.2. The Labute approximate surface area is 121 Å². The van der Waals surface area contributed by atoms with Crippen LogP contribution >= 0.6 is 11.6 Å². The smallest absolute Gasteiger partial charge is 0.269 e. The molecule has 1 rings (SSSR count). The zero-order chi connectivity index (χ0) is 15.5. The zero-order valence-corrected chi connectivity index (χ0v) is 12.4. The first kappa shape index (κ1) is 16.4. The Balaban J connectivity index is 3.35. The minimum Gasteiger partial charge on any atom is -0.279 e. The fourth-order valence-electron chi connectivity index (χ4n) is 1.64. The molecule has 110 valence electrons. The lowest BCUT2D eigenvalue weighted by Gasteiger charge is -2.23. The van der Waals surface area contributed by atoms with Gasteiger partial charge in [-0.05, 0) is 37.1 Å². The van der Waals surface area contributed by atoms with Gasteiger partial charge in [0.05, 0.1) is 16.4 Å². The number of hydrogen-bond donors (Lipinski definition) is 0. The maximum Gasteiger partial charge on any atom is 0.269 e. The van der Waals surface area contributed by atoms with E-state index < -0.39 is 26.7 Å². The van der Waals surface area contributed by atoms with Gasteiger partial charge in [-0.15, -0.1) is 0 Å². The number of nitro benzene ring substituents is 1. The van der Waals surface area contributed by atoms with Crippen molar-refractivity contribution in [2.75, 3.05) is 16.6 Å². The summed E-state index contributed by atoms with van der Waals surface area (Å²) >= 11 is 5.27. The van der Waals surface area contributed by atoms with Crippen LogP contribution in [0.1, 0.15) is 12.5 Å². The molecule has 0 fully saturated rings. The number of benzene rings is 1. The van der Waals surface area contributed by atoms with Crippen LogP contribution in [0, 0.1) is 17.0 Å². The Hall–Kier alpha value is -1.67. The molecular weight excluding hydrogens is 308 g/mol. The van der Waals surface area contributed by atoms with Crippen molar-refractivity contribution in [2.24, 2.45) is 0 Å². The number of hydrogen-bond acceptors (Lipinski definition) is 5. The van der Waals surface area contributed by atoms with E-state index >= 15 is 0 Å². The number of nitro groups is 1. The van der Waals surface area contributed by atoms with E-state index in [4.69, 9.17) is 11.6 Å². The Kier molecular flexibility index (Phi) is 5.07. The van der Waals surface area contributed by atoms with Gasteiger partial charge in [0.2, 0.25) is 15.3 Å². The van der Waals surface area contributed by atoms with Crippen LogP contribution in [-0.2, 0) is 14.8 Å². The molecule has 0 amide bonds. The van der Waals surface area contributed by atoms with Gasteiger partial charge < -0.3 is 0 Å². The van der Waals surface area contributed by atoms with Gasteiger partial charge in [0, 0.05) is 12.1 Å². The third-order valence-electron chi connectivity index (χ3n) is 2.63. The van der Waals surface area contributed by atoms with Crippen LogP contribution < -0.4 is 4.31 Å². The number of carbonyl (C=O) groups excluding carboxylic acids is 1. The SMILES string of the molecule is CCS(=O)(=O)N(CC(=O)Cl)c1ccc([N+](=O)[O-])cc1C.